The van der Waals surface area contributed by atoms with Gasteiger partial charge >= 0.3 is 6.09 Å². The number of hydrogen-bond donors (Lipinski definition) is 1. The highest BCUT2D eigenvalue weighted by molar-refractivity contribution is 6.31. The number of pyridine rings is 1. The fourth-order valence-electron chi connectivity index (χ4n) is 5.01. The molecule has 208 valence electrons. The van der Waals surface area contributed by atoms with Crippen molar-refractivity contribution in [2.24, 2.45) is 5.92 Å². The van der Waals surface area contributed by atoms with Crippen LogP contribution in [-0.2, 0) is 11.2 Å². The van der Waals surface area contributed by atoms with Crippen molar-refractivity contribution in [1.29, 1.82) is 0 Å². The van der Waals surface area contributed by atoms with Crippen molar-refractivity contribution in [3.05, 3.63) is 95.3 Å². The van der Waals surface area contributed by atoms with E-state index in [1.54, 1.807) is 4.90 Å². The minimum Gasteiger partial charge on any atom is -0.456 e. The summed E-state index contributed by atoms with van der Waals surface area (Å²) in [5.74, 6) is 1.27. The summed E-state index contributed by atoms with van der Waals surface area (Å²) in [6.07, 6.45) is 2.20. The first-order chi connectivity index (χ1) is 19.1. The van der Waals surface area contributed by atoms with Crippen LogP contribution in [0.4, 0.5) is 4.79 Å². The lowest BCUT2D eigenvalue weighted by Crippen LogP contribution is -2.43. The molecule has 1 fully saturated rings. The van der Waals surface area contributed by atoms with Crippen LogP contribution >= 0.6 is 11.6 Å². The number of rotatable bonds is 7. The van der Waals surface area contributed by atoms with Gasteiger partial charge in [0.05, 0.1) is 11.4 Å². The van der Waals surface area contributed by atoms with Gasteiger partial charge in [0, 0.05) is 53.3 Å². The Labute approximate surface area is 241 Å². The molecule has 0 saturated carbocycles. The van der Waals surface area contributed by atoms with E-state index in [0.29, 0.717) is 30.5 Å². The van der Waals surface area contributed by atoms with Gasteiger partial charge in [0.15, 0.2) is 0 Å². The molecule has 0 spiro atoms. The van der Waals surface area contributed by atoms with E-state index in [1.807, 2.05) is 87.5 Å². The maximum atomic E-state index is 12.3. The number of carbonyl (C=O) groups is 1. The van der Waals surface area contributed by atoms with Crippen LogP contribution < -0.4 is 5.32 Å². The molecule has 0 unspecified atom stereocenters. The van der Waals surface area contributed by atoms with Crippen LogP contribution in [0.25, 0.3) is 28.0 Å². The first-order valence-corrected chi connectivity index (χ1v) is 14.2. The van der Waals surface area contributed by atoms with Crippen LogP contribution in [0.1, 0.15) is 50.6 Å². The number of likely N-dealkylation sites (tertiary alicyclic amines) is 1. The van der Waals surface area contributed by atoms with E-state index >= 15 is 0 Å². The molecule has 1 amide bonds. The first kappa shape index (κ1) is 27.8. The number of nitrogens with one attached hydrogen (secondary N) is 1. The lowest BCUT2D eigenvalue weighted by Gasteiger charge is -2.33. The average Bonchev–Trinajstić information content (AvgIpc) is 3.36. The molecule has 3 heterocycles. The predicted molar refractivity (Wildman–Crippen MR) is 161 cm³/mol. The summed E-state index contributed by atoms with van der Waals surface area (Å²) < 4.78 is 11.8. The highest BCUT2D eigenvalue weighted by Crippen LogP contribution is 2.33. The predicted octanol–water partition coefficient (Wildman–Crippen LogP) is 7.95. The van der Waals surface area contributed by atoms with E-state index in [1.165, 1.54) is 0 Å². The van der Waals surface area contributed by atoms with Crippen molar-refractivity contribution < 1.29 is 13.9 Å². The Morgan fingerprint density at radius 2 is 1.85 bits per heavy atom. The molecule has 2 aromatic carbocycles. The molecule has 2 aromatic heterocycles. The summed E-state index contributed by atoms with van der Waals surface area (Å²) in [6, 6.07) is 22.0. The number of piperidine rings is 1. The quantitative estimate of drug-likeness (QED) is 0.250. The lowest BCUT2D eigenvalue weighted by atomic mass is 9.97. The van der Waals surface area contributed by atoms with E-state index in [0.717, 1.165) is 64.3 Å². The van der Waals surface area contributed by atoms with Crippen molar-refractivity contribution in [2.45, 2.75) is 45.6 Å². The van der Waals surface area contributed by atoms with E-state index in [-0.39, 0.29) is 6.09 Å². The zero-order chi connectivity index (χ0) is 28.3. The third kappa shape index (κ3) is 6.86. The fraction of sp³-hybridized carbons (Fsp3) is 0.333. The van der Waals surface area contributed by atoms with Crippen LogP contribution in [-0.4, -0.2) is 41.2 Å². The second kappa shape index (κ2) is 11.8. The molecule has 1 saturated heterocycles. The third-order valence-corrected chi connectivity index (χ3v) is 7.29. The molecule has 1 aliphatic heterocycles. The molecule has 5 rings (SSSR count). The molecule has 0 atom stereocenters. The van der Waals surface area contributed by atoms with E-state index in [2.05, 4.69) is 11.9 Å². The van der Waals surface area contributed by atoms with E-state index in [9.17, 15) is 4.79 Å². The smallest absolute Gasteiger partial charge is 0.410 e. The summed E-state index contributed by atoms with van der Waals surface area (Å²) >= 11 is 6.48. The maximum absolute atomic E-state index is 12.3. The second-order valence-electron chi connectivity index (χ2n) is 11.4. The van der Waals surface area contributed by atoms with Crippen LogP contribution in [0, 0.1) is 5.92 Å². The van der Waals surface area contributed by atoms with Crippen LogP contribution in [0.2, 0.25) is 5.02 Å². The Morgan fingerprint density at radius 1 is 1.10 bits per heavy atom. The molecule has 40 heavy (non-hydrogen) atoms. The van der Waals surface area contributed by atoms with Crippen molar-refractivity contribution in [3.8, 4) is 11.3 Å². The molecule has 6 nitrogen and oxygen atoms in total. The highest BCUT2D eigenvalue weighted by atomic mass is 35.5. The molecule has 0 radical (unpaired) electrons. The molecule has 7 heteroatoms. The minimum absolute atomic E-state index is 0.229. The van der Waals surface area contributed by atoms with Gasteiger partial charge in [0.25, 0.3) is 0 Å². The number of halogens is 1. The normalized spacial score (nSPS) is 14.3. The molecule has 0 bridgehead atoms. The molecular weight excluding hydrogens is 522 g/mol. The van der Waals surface area contributed by atoms with Gasteiger partial charge in [-0.3, -0.25) is 4.98 Å². The Kier molecular flexibility index (Phi) is 8.17. The summed E-state index contributed by atoms with van der Waals surface area (Å²) in [7, 11) is 0. The standard InChI is InChI=1S/C33H36ClN3O3/c1-22(35-21-23-13-15-37(16-14-23)32(38)40-33(2,3)4)29-12-8-11-28(36-29)19-25-17-27(34)18-26-20-30(39-31(25)26)24-9-6-5-7-10-24/h5-12,17-18,20,23,35H,1,13-16,19,21H2,2-4H3. The lowest BCUT2D eigenvalue weighted by molar-refractivity contribution is 0.0185. The number of hydrogen-bond acceptors (Lipinski definition) is 5. The largest absolute Gasteiger partial charge is 0.456 e. The summed E-state index contributed by atoms with van der Waals surface area (Å²) in [4.78, 5) is 19.0. The molecule has 0 aliphatic carbocycles. The second-order valence-corrected chi connectivity index (χ2v) is 11.9. The minimum atomic E-state index is -0.476. The van der Waals surface area contributed by atoms with Crippen molar-refractivity contribution in [2.75, 3.05) is 19.6 Å². The van der Waals surface area contributed by atoms with E-state index < -0.39 is 5.60 Å². The Bertz CT molecular complexity index is 1500. The third-order valence-electron chi connectivity index (χ3n) is 7.07. The molecule has 1 N–H and O–H groups in total. The fourth-order valence-corrected chi connectivity index (χ4v) is 5.26. The SMILES string of the molecule is C=C(NCC1CCN(C(=O)OC(C)(C)C)CC1)c1cccc(Cc2cc(Cl)cc3cc(-c4ccccc4)oc23)n1. The Hall–Kier alpha value is -3.77. The van der Waals surface area contributed by atoms with Gasteiger partial charge in [-0.05, 0) is 69.9 Å². The number of nitrogens with zero attached hydrogens (tertiary/aromatic N) is 2. The Balaban J connectivity index is 1.21. The van der Waals surface area contributed by atoms with Crippen LogP contribution in [0.5, 0.6) is 0 Å². The molecule has 1 aliphatic rings. The van der Waals surface area contributed by atoms with Crippen LogP contribution in [0.15, 0.2) is 77.7 Å². The average molecular weight is 558 g/mol. The zero-order valence-electron chi connectivity index (χ0n) is 23.4. The van der Waals surface area contributed by atoms with Gasteiger partial charge in [-0.1, -0.05) is 54.6 Å². The number of fused-ring (bicyclic) bond motifs is 1. The number of ether oxygens (including phenoxy) is 1. The number of aromatic nitrogens is 1. The van der Waals surface area contributed by atoms with Gasteiger partial charge in [-0.15, -0.1) is 0 Å². The van der Waals surface area contributed by atoms with Crippen LogP contribution in [0.3, 0.4) is 0 Å². The van der Waals surface area contributed by atoms with Crippen molar-refractivity contribution in [1.82, 2.24) is 15.2 Å². The molecule has 4 aromatic rings. The summed E-state index contributed by atoms with van der Waals surface area (Å²) in [6.45, 7) is 12.1. The zero-order valence-corrected chi connectivity index (χ0v) is 24.1. The van der Waals surface area contributed by atoms with Gasteiger partial charge in [-0.2, -0.15) is 0 Å². The van der Waals surface area contributed by atoms with E-state index in [4.69, 9.17) is 25.7 Å². The monoisotopic (exact) mass is 557 g/mol. The summed E-state index contributed by atoms with van der Waals surface area (Å²) in [5.41, 5.74) is 4.88. The highest BCUT2D eigenvalue weighted by Gasteiger charge is 2.26. The summed E-state index contributed by atoms with van der Waals surface area (Å²) in [5, 5.41) is 5.11. The van der Waals surface area contributed by atoms with Gasteiger partial charge in [-0.25, -0.2) is 4.79 Å². The number of furan rings is 1. The topological polar surface area (TPSA) is 67.6 Å². The molecular formula is C33H36ClN3O3. The maximum Gasteiger partial charge on any atom is 0.410 e. The number of benzene rings is 2. The van der Waals surface area contributed by atoms with Crippen molar-refractivity contribution >= 4 is 34.4 Å². The number of carbonyl (C=O) groups excluding carboxylic acids is 1. The first-order valence-electron chi connectivity index (χ1n) is 13.8. The van der Waals surface area contributed by atoms with Gasteiger partial charge < -0.3 is 19.4 Å². The van der Waals surface area contributed by atoms with Crippen molar-refractivity contribution in [3.63, 3.8) is 0 Å². The number of amides is 1. The van der Waals surface area contributed by atoms with Gasteiger partial charge in [0.1, 0.15) is 16.9 Å². The Morgan fingerprint density at radius 3 is 2.58 bits per heavy atom. The van der Waals surface area contributed by atoms with Gasteiger partial charge in [0.2, 0.25) is 0 Å².